The fraction of sp³-hybridized carbons (Fsp3) is 0.364. The van der Waals surface area contributed by atoms with E-state index in [2.05, 4.69) is 52.5 Å². The standard InChI is InChI=1S/C11H13BrN2/c1-7(2)14-8(3)9-5-4-6-10(12)11(9)13-14/h4-7H,1-3H3. The Bertz CT molecular complexity index is 471. The van der Waals surface area contributed by atoms with Gasteiger partial charge in [-0.15, -0.1) is 0 Å². The van der Waals surface area contributed by atoms with E-state index < -0.39 is 0 Å². The molecule has 0 unspecified atom stereocenters. The Morgan fingerprint density at radius 3 is 2.64 bits per heavy atom. The maximum atomic E-state index is 4.58. The summed E-state index contributed by atoms with van der Waals surface area (Å²) in [5, 5.41) is 5.81. The van der Waals surface area contributed by atoms with Crippen molar-refractivity contribution in [2.75, 3.05) is 0 Å². The van der Waals surface area contributed by atoms with Crippen LogP contribution in [0.15, 0.2) is 22.7 Å². The second kappa shape index (κ2) is 3.39. The van der Waals surface area contributed by atoms with Gasteiger partial charge in [-0.25, -0.2) is 0 Å². The molecule has 0 spiro atoms. The van der Waals surface area contributed by atoms with Gasteiger partial charge in [-0.3, -0.25) is 4.68 Å². The molecule has 3 heteroatoms. The summed E-state index contributed by atoms with van der Waals surface area (Å²) in [5.74, 6) is 0. The maximum absolute atomic E-state index is 4.58. The van der Waals surface area contributed by atoms with Gasteiger partial charge in [0.2, 0.25) is 0 Å². The van der Waals surface area contributed by atoms with Crippen LogP contribution in [0.5, 0.6) is 0 Å². The highest BCUT2D eigenvalue weighted by Crippen LogP contribution is 2.26. The zero-order valence-corrected chi connectivity index (χ0v) is 10.2. The lowest BCUT2D eigenvalue weighted by Gasteiger charge is -2.06. The number of aromatic nitrogens is 2. The van der Waals surface area contributed by atoms with Crippen molar-refractivity contribution in [1.82, 2.24) is 9.78 Å². The van der Waals surface area contributed by atoms with E-state index in [1.54, 1.807) is 0 Å². The number of hydrogen-bond acceptors (Lipinski definition) is 1. The smallest absolute Gasteiger partial charge is 0.107 e. The number of fused-ring (bicyclic) bond motifs is 1. The molecule has 0 fully saturated rings. The van der Waals surface area contributed by atoms with Crippen molar-refractivity contribution in [3.63, 3.8) is 0 Å². The minimum absolute atomic E-state index is 0.411. The molecule has 14 heavy (non-hydrogen) atoms. The molecule has 0 bridgehead atoms. The highest BCUT2D eigenvalue weighted by atomic mass is 79.9. The number of benzene rings is 1. The van der Waals surface area contributed by atoms with E-state index in [-0.39, 0.29) is 0 Å². The minimum atomic E-state index is 0.411. The van der Waals surface area contributed by atoms with Crippen LogP contribution in [0.4, 0.5) is 0 Å². The average molecular weight is 253 g/mol. The van der Waals surface area contributed by atoms with E-state index in [1.165, 1.54) is 11.1 Å². The summed E-state index contributed by atoms with van der Waals surface area (Å²) < 4.78 is 3.13. The molecule has 1 heterocycles. The maximum Gasteiger partial charge on any atom is 0.107 e. The summed E-state index contributed by atoms with van der Waals surface area (Å²) in [7, 11) is 0. The van der Waals surface area contributed by atoms with Crippen LogP contribution >= 0.6 is 15.9 Å². The number of nitrogens with zero attached hydrogens (tertiary/aromatic N) is 2. The summed E-state index contributed by atoms with van der Waals surface area (Å²) in [6.45, 7) is 6.40. The molecule has 2 rings (SSSR count). The van der Waals surface area contributed by atoms with Gasteiger partial charge in [0.25, 0.3) is 0 Å². The van der Waals surface area contributed by atoms with Crippen LogP contribution < -0.4 is 0 Å². The monoisotopic (exact) mass is 252 g/mol. The first-order chi connectivity index (χ1) is 6.61. The molecule has 0 N–H and O–H groups in total. The zero-order chi connectivity index (χ0) is 10.3. The average Bonchev–Trinajstić information content (AvgIpc) is 2.46. The number of halogens is 1. The Hall–Kier alpha value is -0.830. The first kappa shape index (κ1) is 9.71. The van der Waals surface area contributed by atoms with Crippen molar-refractivity contribution in [3.05, 3.63) is 28.4 Å². The van der Waals surface area contributed by atoms with Gasteiger partial charge in [0.1, 0.15) is 5.52 Å². The molecular formula is C11H13BrN2. The molecule has 0 radical (unpaired) electrons. The fourth-order valence-electron chi connectivity index (χ4n) is 1.72. The van der Waals surface area contributed by atoms with Gasteiger partial charge in [-0.05, 0) is 42.8 Å². The molecule has 2 aromatic rings. The molecule has 0 aliphatic carbocycles. The first-order valence-corrected chi connectivity index (χ1v) is 5.54. The third-order valence-corrected chi connectivity index (χ3v) is 3.06. The highest BCUT2D eigenvalue weighted by molar-refractivity contribution is 9.10. The first-order valence-electron chi connectivity index (χ1n) is 4.74. The Labute approximate surface area is 92.0 Å². The van der Waals surface area contributed by atoms with Crippen molar-refractivity contribution >= 4 is 26.8 Å². The predicted octanol–water partition coefficient (Wildman–Crippen LogP) is 3.69. The van der Waals surface area contributed by atoms with Crippen LogP contribution in [0.1, 0.15) is 25.6 Å². The van der Waals surface area contributed by atoms with Gasteiger partial charge in [0.05, 0.1) is 0 Å². The van der Waals surface area contributed by atoms with Gasteiger partial charge in [-0.1, -0.05) is 12.1 Å². The summed E-state index contributed by atoms with van der Waals surface area (Å²) in [6, 6.07) is 6.60. The largest absolute Gasteiger partial charge is 0.266 e. The SMILES string of the molecule is Cc1c2cccc(Br)c2nn1C(C)C. The van der Waals surface area contributed by atoms with Gasteiger partial charge < -0.3 is 0 Å². The van der Waals surface area contributed by atoms with E-state index in [9.17, 15) is 0 Å². The van der Waals surface area contributed by atoms with Crippen molar-refractivity contribution in [1.29, 1.82) is 0 Å². The molecule has 1 aromatic heterocycles. The molecule has 74 valence electrons. The molecule has 2 nitrogen and oxygen atoms in total. The highest BCUT2D eigenvalue weighted by Gasteiger charge is 2.10. The lowest BCUT2D eigenvalue weighted by atomic mass is 10.2. The summed E-state index contributed by atoms with van der Waals surface area (Å²) in [6.07, 6.45) is 0. The van der Waals surface area contributed by atoms with Crippen LogP contribution in [0.3, 0.4) is 0 Å². The lowest BCUT2D eigenvalue weighted by molar-refractivity contribution is 0.524. The number of rotatable bonds is 1. The van der Waals surface area contributed by atoms with Gasteiger partial charge in [-0.2, -0.15) is 5.10 Å². The molecular weight excluding hydrogens is 240 g/mol. The molecule has 0 atom stereocenters. The van der Waals surface area contributed by atoms with Crippen LogP contribution in [0, 0.1) is 6.92 Å². The molecule has 1 aromatic carbocycles. The summed E-state index contributed by atoms with van der Waals surface area (Å²) in [4.78, 5) is 0. The van der Waals surface area contributed by atoms with Crippen LogP contribution in [0.2, 0.25) is 0 Å². The fourth-order valence-corrected chi connectivity index (χ4v) is 2.16. The molecule has 0 aliphatic heterocycles. The molecule has 0 amide bonds. The molecule has 0 saturated heterocycles. The quantitative estimate of drug-likeness (QED) is 0.757. The van der Waals surface area contributed by atoms with E-state index >= 15 is 0 Å². The number of aryl methyl sites for hydroxylation is 1. The van der Waals surface area contributed by atoms with Gasteiger partial charge >= 0.3 is 0 Å². The Balaban J connectivity index is 2.80. The van der Waals surface area contributed by atoms with E-state index in [4.69, 9.17) is 0 Å². The van der Waals surface area contributed by atoms with E-state index in [0.29, 0.717) is 6.04 Å². The predicted molar refractivity (Wildman–Crippen MR) is 62.6 cm³/mol. The van der Waals surface area contributed by atoms with Crippen molar-refractivity contribution in [2.45, 2.75) is 26.8 Å². The third kappa shape index (κ3) is 1.36. The number of hydrogen-bond donors (Lipinski definition) is 0. The summed E-state index contributed by atoms with van der Waals surface area (Å²) >= 11 is 3.52. The van der Waals surface area contributed by atoms with Crippen LogP contribution in [0.25, 0.3) is 10.9 Å². The minimum Gasteiger partial charge on any atom is -0.266 e. The third-order valence-electron chi connectivity index (χ3n) is 2.42. The topological polar surface area (TPSA) is 17.8 Å². The summed E-state index contributed by atoms with van der Waals surface area (Å²) in [5.41, 5.74) is 2.29. The zero-order valence-electron chi connectivity index (χ0n) is 8.58. The molecule has 0 saturated carbocycles. The van der Waals surface area contributed by atoms with Crippen molar-refractivity contribution in [3.8, 4) is 0 Å². The van der Waals surface area contributed by atoms with E-state index in [0.717, 1.165) is 9.99 Å². The Kier molecular flexibility index (Phi) is 2.35. The normalized spacial score (nSPS) is 11.5. The van der Waals surface area contributed by atoms with Gasteiger partial charge in [0.15, 0.2) is 0 Å². The Morgan fingerprint density at radius 2 is 2.07 bits per heavy atom. The second-order valence-corrected chi connectivity index (χ2v) is 4.61. The lowest BCUT2D eigenvalue weighted by Crippen LogP contribution is -2.04. The van der Waals surface area contributed by atoms with E-state index in [1.807, 2.05) is 12.1 Å². The Morgan fingerprint density at radius 1 is 1.36 bits per heavy atom. The van der Waals surface area contributed by atoms with Crippen LogP contribution in [-0.4, -0.2) is 9.78 Å². The molecule has 0 aliphatic rings. The van der Waals surface area contributed by atoms with Gasteiger partial charge in [0, 0.05) is 21.6 Å². The second-order valence-electron chi connectivity index (χ2n) is 3.76. The van der Waals surface area contributed by atoms with Crippen LogP contribution in [-0.2, 0) is 0 Å². The van der Waals surface area contributed by atoms with Crippen molar-refractivity contribution in [2.24, 2.45) is 0 Å². The van der Waals surface area contributed by atoms with Crippen molar-refractivity contribution < 1.29 is 0 Å².